The zero-order valence-corrected chi connectivity index (χ0v) is 14.2. The van der Waals surface area contributed by atoms with E-state index in [0.29, 0.717) is 11.9 Å². The molecule has 1 unspecified atom stereocenters. The van der Waals surface area contributed by atoms with Crippen LogP contribution >= 0.6 is 51.4 Å². The molecule has 0 fully saturated rings. The summed E-state index contributed by atoms with van der Waals surface area (Å²) in [5, 5.41) is 0.550. The number of halogens is 2. The molecule has 0 aliphatic heterocycles. The lowest BCUT2D eigenvalue weighted by Crippen LogP contribution is -2.13. The fraction of sp³-hybridized carbons (Fsp3) is 0.700. The van der Waals surface area contributed by atoms with Gasteiger partial charge in [0.2, 0.25) is 0 Å². The van der Waals surface area contributed by atoms with Gasteiger partial charge in [-0.1, -0.05) is 20.4 Å². The van der Waals surface area contributed by atoms with Gasteiger partial charge in [-0.25, -0.2) is 4.79 Å². The standard InChI is InChI=1S/C10H18Cl2O2S3/c1-8(2)17(4,16-12)7-5-6-14-10(13)9(3)15-11/h8H,3,5-7H2,1-2,4H3. The van der Waals surface area contributed by atoms with Crippen LogP contribution in [0.1, 0.15) is 20.3 Å². The van der Waals surface area contributed by atoms with Crippen LogP contribution in [0, 0.1) is 0 Å². The second kappa shape index (κ2) is 8.86. The fourth-order valence-electron chi connectivity index (χ4n) is 0.962. The van der Waals surface area contributed by atoms with Crippen molar-refractivity contribution in [2.45, 2.75) is 25.5 Å². The summed E-state index contributed by atoms with van der Waals surface area (Å²) >= 11 is 0. The maximum absolute atomic E-state index is 11.3. The Kier molecular flexibility index (Phi) is 9.30. The van der Waals surface area contributed by atoms with Crippen LogP contribution in [-0.2, 0) is 9.53 Å². The third-order valence-electron chi connectivity index (χ3n) is 2.39. The van der Waals surface area contributed by atoms with E-state index in [4.69, 9.17) is 26.1 Å². The molecule has 0 aromatic heterocycles. The summed E-state index contributed by atoms with van der Waals surface area (Å²) < 4.78 is 5.03. The molecule has 0 saturated heterocycles. The Labute approximate surface area is 122 Å². The highest BCUT2D eigenvalue weighted by atomic mass is 35.7. The summed E-state index contributed by atoms with van der Waals surface area (Å²) in [6.45, 7) is 8.21. The third-order valence-corrected chi connectivity index (χ3v) is 11.8. The molecule has 7 heteroatoms. The van der Waals surface area contributed by atoms with Gasteiger partial charge in [-0.2, -0.15) is 9.06 Å². The van der Waals surface area contributed by atoms with Gasteiger partial charge in [-0.15, -0.1) is 0 Å². The number of hydrogen-bond donors (Lipinski definition) is 0. The lowest BCUT2D eigenvalue weighted by atomic mass is 10.5. The molecule has 1 atom stereocenters. The van der Waals surface area contributed by atoms with Crippen LogP contribution in [0.2, 0.25) is 0 Å². The Bertz CT molecular complexity index is 274. The molecule has 2 nitrogen and oxygen atoms in total. The predicted octanol–water partition coefficient (Wildman–Crippen LogP) is 4.97. The van der Waals surface area contributed by atoms with Crippen LogP contribution in [0.25, 0.3) is 0 Å². The fourth-order valence-corrected chi connectivity index (χ4v) is 5.50. The van der Waals surface area contributed by atoms with Crippen LogP contribution in [0.4, 0.5) is 0 Å². The zero-order valence-electron chi connectivity index (χ0n) is 10.2. The lowest BCUT2D eigenvalue weighted by molar-refractivity contribution is -0.138. The second-order valence-electron chi connectivity index (χ2n) is 3.88. The predicted molar refractivity (Wildman–Crippen MR) is 85.1 cm³/mol. The molecule has 0 radical (unpaired) electrons. The van der Waals surface area contributed by atoms with Crippen LogP contribution in [0.15, 0.2) is 11.5 Å². The minimum absolute atomic E-state index is 0.220. The average molecular weight is 337 g/mol. The molecule has 0 rings (SSSR count). The van der Waals surface area contributed by atoms with Crippen LogP contribution in [0.5, 0.6) is 0 Å². The monoisotopic (exact) mass is 336 g/mol. The molecule has 0 aliphatic carbocycles. The molecule has 0 amide bonds. The van der Waals surface area contributed by atoms with Gasteiger partial charge in [0, 0.05) is 0 Å². The first-order valence-electron chi connectivity index (χ1n) is 5.07. The van der Waals surface area contributed by atoms with Crippen molar-refractivity contribution in [3.05, 3.63) is 11.5 Å². The van der Waals surface area contributed by atoms with E-state index in [-0.39, 0.29) is 4.91 Å². The molecular weight excluding hydrogens is 319 g/mol. The average Bonchev–Trinajstić information content (AvgIpc) is 2.32. The highest BCUT2D eigenvalue weighted by Gasteiger charge is 2.22. The number of ether oxygens (including phenoxy) is 1. The summed E-state index contributed by atoms with van der Waals surface area (Å²) in [6.07, 6.45) is 3.01. The maximum Gasteiger partial charge on any atom is 0.345 e. The SMILES string of the molecule is C=C(SCl)C(=O)OCCCS(C)(SCl)C(C)C. The topological polar surface area (TPSA) is 26.3 Å². The second-order valence-corrected chi connectivity index (χ2v) is 12.4. The summed E-state index contributed by atoms with van der Waals surface area (Å²) in [6, 6.07) is 0. The third kappa shape index (κ3) is 6.53. The molecule has 0 heterocycles. The number of carbonyl (C=O) groups excluding carboxylic acids is 1. The first kappa shape index (κ1) is 17.8. The van der Waals surface area contributed by atoms with E-state index in [9.17, 15) is 4.79 Å². The highest BCUT2D eigenvalue weighted by molar-refractivity contribution is 9.00. The maximum atomic E-state index is 11.3. The van der Waals surface area contributed by atoms with E-state index in [2.05, 4.69) is 26.7 Å². The molecule has 0 aromatic carbocycles. The Balaban J connectivity index is 3.92. The molecule has 0 saturated carbocycles. The summed E-state index contributed by atoms with van der Waals surface area (Å²) in [5.41, 5.74) is 0. The van der Waals surface area contributed by atoms with E-state index in [1.165, 1.54) is 10.0 Å². The van der Waals surface area contributed by atoms with Gasteiger partial charge < -0.3 is 4.74 Å². The van der Waals surface area contributed by atoms with E-state index in [0.717, 1.165) is 23.1 Å². The van der Waals surface area contributed by atoms with Crippen LogP contribution < -0.4 is 0 Å². The van der Waals surface area contributed by atoms with E-state index < -0.39 is 15.0 Å². The largest absolute Gasteiger partial charge is 0.462 e. The zero-order chi connectivity index (χ0) is 13.5. The van der Waals surface area contributed by atoms with Gasteiger partial charge in [-0.3, -0.25) is 0 Å². The van der Waals surface area contributed by atoms with Crippen molar-refractivity contribution in [3.8, 4) is 0 Å². The van der Waals surface area contributed by atoms with Crippen molar-refractivity contribution < 1.29 is 9.53 Å². The molecule has 0 spiro atoms. The van der Waals surface area contributed by atoms with Gasteiger partial charge in [0.15, 0.2) is 0 Å². The normalized spacial score (nSPS) is 16.4. The Morgan fingerprint density at radius 3 is 2.47 bits per heavy atom. The van der Waals surface area contributed by atoms with Crippen molar-refractivity contribution in [3.63, 3.8) is 0 Å². The molecule has 102 valence electrons. The molecule has 0 aromatic rings. The quantitative estimate of drug-likeness (QED) is 0.270. The van der Waals surface area contributed by atoms with Gasteiger partial charge in [0.25, 0.3) is 0 Å². The summed E-state index contributed by atoms with van der Waals surface area (Å²) in [5.74, 6) is 0.539. The number of carbonyl (C=O) groups is 1. The molecule has 0 N–H and O–H groups in total. The number of esters is 1. The van der Waals surface area contributed by atoms with Gasteiger partial charge in [-0.05, 0) is 66.0 Å². The Hall–Kier alpha value is 0.840. The van der Waals surface area contributed by atoms with Gasteiger partial charge in [0.05, 0.1) is 6.61 Å². The molecule has 0 bridgehead atoms. The number of hydrogen-bond acceptors (Lipinski definition) is 4. The van der Waals surface area contributed by atoms with Crippen LogP contribution in [0.3, 0.4) is 0 Å². The highest BCUT2D eigenvalue weighted by Crippen LogP contribution is 2.62. The van der Waals surface area contributed by atoms with Gasteiger partial charge >= 0.3 is 5.97 Å². The minimum Gasteiger partial charge on any atom is -0.462 e. The first-order chi connectivity index (χ1) is 7.87. The Morgan fingerprint density at radius 2 is 2.06 bits per heavy atom. The summed E-state index contributed by atoms with van der Waals surface area (Å²) in [7, 11) is 12.7. The van der Waals surface area contributed by atoms with Crippen molar-refractivity contribution in [2.75, 3.05) is 18.6 Å². The van der Waals surface area contributed by atoms with E-state index in [1.54, 1.807) is 0 Å². The molecular formula is C10H18Cl2O2S3. The van der Waals surface area contributed by atoms with Crippen LogP contribution in [-0.4, -0.2) is 29.8 Å². The number of rotatable bonds is 8. The minimum atomic E-state index is -0.880. The molecule has 17 heavy (non-hydrogen) atoms. The lowest BCUT2D eigenvalue weighted by Gasteiger charge is -2.36. The van der Waals surface area contributed by atoms with Crippen molar-refractivity contribution in [1.29, 1.82) is 0 Å². The van der Waals surface area contributed by atoms with Crippen molar-refractivity contribution in [1.82, 2.24) is 0 Å². The van der Waals surface area contributed by atoms with E-state index >= 15 is 0 Å². The van der Waals surface area contributed by atoms with Gasteiger partial charge in [0.1, 0.15) is 4.91 Å². The van der Waals surface area contributed by atoms with Crippen molar-refractivity contribution in [2.24, 2.45) is 0 Å². The smallest absolute Gasteiger partial charge is 0.345 e. The van der Waals surface area contributed by atoms with Crippen molar-refractivity contribution >= 4 is 57.4 Å². The Morgan fingerprint density at radius 1 is 1.47 bits per heavy atom. The molecule has 0 aliphatic rings. The van der Waals surface area contributed by atoms with E-state index in [1.807, 2.05) is 0 Å². The summed E-state index contributed by atoms with van der Waals surface area (Å²) in [4.78, 5) is 11.5. The first-order valence-corrected chi connectivity index (χ1v) is 11.1.